The molecule has 27 heavy (non-hydrogen) atoms. The fourth-order valence-corrected chi connectivity index (χ4v) is 4.94. The average Bonchev–Trinajstić information content (AvgIpc) is 3.25. The van der Waals surface area contributed by atoms with Gasteiger partial charge in [0.05, 0.1) is 17.9 Å². The fraction of sp³-hybridized carbons (Fsp3) is 0.176. The van der Waals surface area contributed by atoms with Gasteiger partial charge in [-0.1, -0.05) is 23.7 Å². The summed E-state index contributed by atoms with van der Waals surface area (Å²) in [5.41, 5.74) is 1.38. The molecule has 0 aliphatic heterocycles. The molecule has 0 atom stereocenters. The number of amides is 1. The third-order valence-corrected chi connectivity index (χ3v) is 7.09. The number of aryl methyl sites for hydroxylation is 1. The van der Waals surface area contributed by atoms with Gasteiger partial charge in [0.2, 0.25) is 5.91 Å². The Hall–Kier alpha value is -2.20. The molecule has 0 radical (unpaired) electrons. The average molecular weight is 425 g/mol. The maximum Gasteiger partial charge on any atom is 0.252 e. The summed E-state index contributed by atoms with van der Waals surface area (Å²) in [5, 5.41) is 9.29. The van der Waals surface area contributed by atoms with Gasteiger partial charge in [-0.2, -0.15) is 9.40 Å². The molecular formula is C17H17ClN4O3S2. The van der Waals surface area contributed by atoms with Gasteiger partial charge in [0, 0.05) is 18.1 Å². The largest absolute Gasteiger partial charge is 0.309 e. The number of nitrogens with zero attached hydrogens (tertiary/aromatic N) is 3. The number of sulfonamides is 1. The summed E-state index contributed by atoms with van der Waals surface area (Å²) in [6, 6.07) is 11.9. The normalized spacial score (nSPS) is 11.7. The van der Waals surface area contributed by atoms with Crippen molar-refractivity contribution in [2.24, 2.45) is 0 Å². The molecule has 7 nitrogen and oxygen atoms in total. The van der Waals surface area contributed by atoms with Crippen LogP contribution in [0, 0.1) is 6.92 Å². The molecule has 142 valence electrons. The van der Waals surface area contributed by atoms with E-state index in [-0.39, 0.29) is 10.8 Å². The second kappa shape index (κ2) is 7.81. The van der Waals surface area contributed by atoms with Crippen molar-refractivity contribution >= 4 is 44.7 Å². The molecule has 0 fully saturated rings. The van der Waals surface area contributed by atoms with Crippen molar-refractivity contribution in [1.29, 1.82) is 0 Å². The zero-order valence-electron chi connectivity index (χ0n) is 14.6. The number of hydrogen-bond acceptors (Lipinski definition) is 5. The Morgan fingerprint density at radius 2 is 2.07 bits per heavy atom. The van der Waals surface area contributed by atoms with Gasteiger partial charge < -0.3 is 5.32 Å². The number of thiophene rings is 1. The Morgan fingerprint density at radius 1 is 1.30 bits per heavy atom. The number of carbonyl (C=O) groups is 1. The van der Waals surface area contributed by atoms with E-state index in [1.807, 2.05) is 0 Å². The van der Waals surface area contributed by atoms with Crippen molar-refractivity contribution in [3.05, 3.63) is 58.6 Å². The molecule has 1 N–H and O–H groups in total. The Balaban J connectivity index is 1.77. The lowest BCUT2D eigenvalue weighted by molar-refractivity contribution is -0.116. The Kier molecular flexibility index (Phi) is 5.66. The molecule has 0 spiro atoms. The first kappa shape index (κ1) is 19.6. The number of benzene rings is 1. The Labute approximate surface area is 166 Å². The van der Waals surface area contributed by atoms with Crippen molar-refractivity contribution in [1.82, 2.24) is 14.1 Å². The number of nitrogens with one attached hydrogen (secondary N) is 1. The van der Waals surface area contributed by atoms with Gasteiger partial charge in [-0.05, 0) is 36.6 Å². The second-order valence-electron chi connectivity index (χ2n) is 5.80. The minimum Gasteiger partial charge on any atom is -0.309 e. The molecule has 3 aromatic rings. The van der Waals surface area contributed by atoms with E-state index in [2.05, 4.69) is 10.4 Å². The lowest BCUT2D eigenvalue weighted by Crippen LogP contribution is -2.35. The predicted octanol–water partition coefficient (Wildman–Crippen LogP) is 3.15. The lowest BCUT2D eigenvalue weighted by atomic mass is 10.3. The van der Waals surface area contributed by atoms with Crippen LogP contribution in [0.3, 0.4) is 0 Å². The van der Waals surface area contributed by atoms with Crippen molar-refractivity contribution in [3.8, 4) is 5.69 Å². The number of anilines is 1. The SMILES string of the molecule is Cc1cc(NC(=O)CN(C)S(=O)(=O)c2cccs2)n(-c2cccc(Cl)c2)n1. The fourth-order valence-electron chi connectivity index (χ4n) is 2.43. The van der Waals surface area contributed by atoms with E-state index in [9.17, 15) is 13.2 Å². The van der Waals surface area contributed by atoms with Crippen LogP contribution in [0.25, 0.3) is 5.69 Å². The zero-order chi connectivity index (χ0) is 19.6. The van der Waals surface area contributed by atoms with Gasteiger partial charge in [0.1, 0.15) is 10.0 Å². The summed E-state index contributed by atoms with van der Waals surface area (Å²) >= 11 is 7.13. The van der Waals surface area contributed by atoms with E-state index < -0.39 is 15.9 Å². The van der Waals surface area contributed by atoms with Crippen LogP contribution in [0.1, 0.15) is 5.69 Å². The molecule has 0 aliphatic carbocycles. The molecule has 1 amide bonds. The standard InChI is InChI=1S/C17H17ClN4O3S2/c1-12-9-15(22(20-12)14-6-3-5-13(18)10-14)19-16(23)11-21(2)27(24,25)17-7-4-8-26-17/h3-10H,11H2,1-2H3,(H,19,23). The number of carbonyl (C=O) groups excluding carboxylic acids is 1. The van der Waals surface area contributed by atoms with Gasteiger partial charge in [-0.15, -0.1) is 11.3 Å². The van der Waals surface area contributed by atoms with Gasteiger partial charge in [-0.25, -0.2) is 13.1 Å². The van der Waals surface area contributed by atoms with Gasteiger partial charge in [-0.3, -0.25) is 4.79 Å². The van der Waals surface area contributed by atoms with E-state index in [0.717, 1.165) is 15.6 Å². The summed E-state index contributed by atoms with van der Waals surface area (Å²) in [7, 11) is -2.33. The third-order valence-electron chi connectivity index (χ3n) is 3.68. The predicted molar refractivity (Wildman–Crippen MR) is 106 cm³/mol. The molecule has 2 heterocycles. The van der Waals surface area contributed by atoms with Gasteiger partial charge in [0.15, 0.2) is 0 Å². The summed E-state index contributed by atoms with van der Waals surface area (Å²) in [6.45, 7) is 1.48. The first-order valence-electron chi connectivity index (χ1n) is 7.89. The molecule has 3 rings (SSSR count). The first-order valence-corrected chi connectivity index (χ1v) is 10.6. The highest BCUT2D eigenvalue weighted by Gasteiger charge is 2.24. The molecule has 0 unspecified atom stereocenters. The minimum absolute atomic E-state index is 0.192. The third kappa shape index (κ3) is 4.38. The second-order valence-corrected chi connectivity index (χ2v) is 9.46. The van der Waals surface area contributed by atoms with E-state index >= 15 is 0 Å². The van der Waals surface area contributed by atoms with Crippen LogP contribution >= 0.6 is 22.9 Å². The number of halogens is 1. The van der Waals surface area contributed by atoms with Gasteiger partial charge in [0.25, 0.3) is 10.0 Å². The first-order chi connectivity index (χ1) is 12.8. The van der Waals surface area contributed by atoms with Crippen molar-refractivity contribution in [3.63, 3.8) is 0 Å². The van der Waals surface area contributed by atoms with Crippen molar-refractivity contribution < 1.29 is 13.2 Å². The highest BCUT2D eigenvalue weighted by atomic mass is 35.5. The Morgan fingerprint density at radius 3 is 2.74 bits per heavy atom. The van der Waals surface area contributed by atoms with Crippen LogP contribution in [0.2, 0.25) is 5.02 Å². The van der Waals surface area contributed by atoms with Gasteiger partial charge >= 0.3 is 0 Å². The van der Waals surface area contributed by atoms with Crippen LogP contribution in [-0.4, -0.2) is 42.0 Å². The number of hydrogen-bond donors (Lipinski definition) is 1. The monoisotopic (exact) mass is 424 g/mol. The van der Waals surface area contributed by atoms with Crippen molar-refractivity contribution in [2.75, 3.05) is 18.9 Å². The maximum absolute atomic E-state index is 12.4. The molecular weight excluding hydrogens is 408 g/mol. The van der Waals surface area contributed by atoms with E-state index in [0.29, 0.717) is 22.2 Å². The topological polar surface area (TPSA) is 84.3 Å². The number of rotatable bonds is 6. The highest BCUT2D eigenvalue weighted by molar-refractivity contribution is 7.91. The summed E-state index contributed by atoms with van der Waals surface area (Å²) in [4.78, 5) is 12.4. The maximum atomic E-state index is 12.4. The lowest BCUT2D eigenvalue weighted by Gasteiger charge is -2.16. The van der Waals surface area contributed by atoms with Crippen LogP contribution in [-0.2, 0) is 14.8 Å². The van der Waals surface area contributed by atoms with Crippen LogP contribution in [0.15, 0.2) is 52.1 Å². The zero-order valence-corrected chi connectivity index (χ0v) is 17.0. The van der Waals surface area contributed by atoms with Crippen LogP contribution in [0.5, 0.6) is 0 Å². The molecule has 0 aliphatic rings. The molecule has 0 saturated carbocycles. The van der Waals surface area contributed by atoms with Crippen LogP contribution in [0.4, 0.5) is 5.82 Å². The number of aromatic nitrogens is 2. The van der Waals surface area contributed by atoms with E-state index in [1.165, 1.54) is 13.1 Å². The molecule has 0 bridgehead atoms. The number of likely N-dealkylation sites (N-methyl/N-ethyl adjacent to an activating group) is 1. The minimum atomic E-state index is -3.69. The molecule has 2 aromatic heterocycles. The summed E-state index contributed by atoms with van der Waals surface area (Å²) in [5.74, 6) is -0.0394. The molecule has 0 saturated heterocycles. The van der Waals surface area contributed by atoms with Crippen molar-refractivity contribution in [2.45, 2.75) is 11.1 Å². The summed E-state index contributed by atoms with van der Waals surface area (Å²) in [6.07, 6.45) is 0. The molecule has 1 aromatic carbocycles. The van der Waals surface area contributed by atoms with E-state index in [1.54, 1.807) is 53.4 Å². The quantitative estimate of drug-likeness (QED) is 0.658. The summed E-state index contributed by atoms with van der Waals surface area (Å²) < 4.78 is 27.6. The molecule has 10 heteroatoms. The van der Waals surface area contributed by atoms with Crippen LogP contribution < -0.4 is 5.32 Å². The smallest absolute Gasteiger partial charge is 0.252 e. The highest BCUT2D eigenvalue weighted by Crippen LogP contribution is 2.21. The van der Waals surface area contributed by atoms with E-state index in [4.69, 9.17) is 11.6 Å². The Bertz CT molecular complexity index is 1060.